The molecule has 1 aliphatic rings. The summed E-state index contributed by atoms with van der Waals surface area (Å²) in [5.74, 6) is 0.877. The van der Waals surface area contributed by atoms with Gasteiger partial charge in [-0.15, -0.1) is 10.2 Å². The highest BCUT2D eigenvalue weighted by Gasteiger charge is 2.27. The molecule has 1 N–H and O–H groups in total. The number of fused-ring (bicyclic) bond motifs is 1. The second-order valence-corrected chi connectivity index (χ2v) is 6.32. The molecular weight excluding hydrogens is 332 g/mol. The first kappa shape index (κ1) is 16.4. The number of aromatic nitrogens is 3. The van der Waals surface area contributed by atoms with Crippen molar-refractivity contribution in [3.8, 4) is 11.8 Å². The number of carbonyl (C=O) groups excluding carboxylic acids is 1. The Morgan fingerprint density at radius 1 is 1.19 bits per heavy atom. The number of nitrogens with one attached hydrogen (secondary N) is 1. The van der Waals surface area contributed by atoms with Crippen molar-refractivity contribution >= 4 is 16.8 Å². The highest BCUT2D eigenvalue weighted by molar-refractivity contribution is 5.98. The van der Waals surface area contributed by atoms with Crippen LogP contribution in [0, 0.1) is 0 Å². The number of hydrogen-bond acceptors (Lipinski definition) is 5. The summed E-state index contributed by atoms with van der Waals surface area (Å²) in [6, 6.07) is 13.2. The van der Waals surface area contributed by atoms with Crippen molar-refractivity contribution in [3.05, 3.63) is 48.2 Å². The van der Waals surface area contributed by atoms with E-state index in [1.165, 1.54) is 0 Å². The van der Waals surface area contributed by atoms with Crippen molar-refractivity contribution in [1.29, 1.82) is 0 Å². The first-order valence-corrected chi connectivity index (χ1v) is 8.64. The molecule has 1 amide bonds. The normalized spacial score (nSPS) is 17.3. The molecule has 0 saturated carbocycles. The van der Waals surface area contributed by atoms with Crippen molar-refractivity contribution in [2.24, 2.45) is 0 Å². The van der Waals surface area contributed by atoms with E-state index < -0.39 is 0 Å². The average Bonchev–Trinajstić information content (AvgIpc) is 3.12. The molecule has 2 aromatic heterocycles. The third-order valence-corrected chi connectivity index (χ3v) is 4.54. The van der Waals surface area contributed by atoms with Gasteiger partial charge < -0.3 is 19.4 Å². The van der Waals surface area contributed by atoms with Gasteiger partial charge in [-0.05, 0) is 25.0 Å². The highest BCUT2D eigenvalue weighted by atomic mass is 16.5. The minimum atomic E-state index is -0.0974. The smallest absolute Gasteiger partial charge is 0.270 e. The second-order valence-electron chi connectivity index (χ2n) is 6.32. The number of benzene rings is 1. The lowest BCUT2D eigenvalue weighted by atomic mass is 10.1. The second kappa shape index (κ2) is 7.03. The molecule has 1 saturated heterocycles. The Morgan fingerprint density at radius 3 is 2.77 bits per heavy atom. The molecule has 1 unspecified atom stereocenters. The highest BCUT2D eigenvalue weighted by Crippen LogP contribution is 2.21. The monoisotopic (exact) mass is 352 g/mol. The third-order valence-electron chi connectivity index (χ3n) is 4.54. The Hall–Kier alpha value is -3.09. The zero-order valence-corrected chi connectivity index (χ0v) is 14.5. The van der Waals surface area contributed by atoms with Crippen molar-refractivity contribution < 1.29 is 14.3 Å². The van der Waals surface area contributed by atoms with E-state index in [9.17, 15) is 4.79 Å². The van der Waals surface area contributed by atoms with Crippen molar-refractivity contribution in [2.45, 2.75) is 18.9 Å². The zero-order valence-electron chi connectivity index (χ0n) is 14.5. The topological polar surface area (TPSA) is 80.3 Å². The van der Waals surface area contributed by atoms with Crippen LogP contribution in [0.15, 0.2) is 42.5 Å². The predicted octanol–water partition coefficient (Wildman–Crippen LogP) is 2.65. The van der Waals surface area contributed by atoms with Gasteiger partial charge in [0.1, 0.15) is 11.8 Å². The summed E-state index contributed by atoms with van der Waals surface area (Å²) in [7, 11) is 1.54. The Labute approximate surface area is 150 Å². The van der Waals surface area contributed by atoms with Gasteiger partial charge >= 0.3 is 0 Å². The number of rotatable bonds is 4. The number of piperidine rings is 1. The molecular formula is C19H20N4O3. The molecule has 4 rings (SSSR count). The third kappa shape index (κ3) is 3.33. The molecule has 7 heteroatoms. The van der Waals surface area contributed by atoms with Gasteiger partial charge in [-0.25, -0.2) is 0 Å². The van der Waals surface area contributed by atoms with E-state index in [0.29, 0.717) is 24.0 Å². The minimum Gasteiger partial charge on any atom is -0.480 e. The Balaban J connectivity index is 1.44. The van der Waals surface area contributed by atoms with Crippen LogP contribution in [0.2, 0.25) is 0 Å². The maximum atomic E-state index is 12.8. The van der Waals surface area contributed by atoms with Crippen LogP contribution in [0.4, 0.5) is 0 Å². The number of likely N-dealkylation sites (tertiary alicyclic amines) is 1. The van der Waals surface area contributed by atoms with Crippen LogP contribution in [0.1, 0.15) is 23.3 Å². The number of methoxy groups -OCH3 is 1. The molecule has 1 aliphatic heterocycles. The molecule has 0 radical (unpaired) electrons. The quantitative estimate of drug-likeness (QED) is 0.781. The van der Waals surface area contributed by atoms with E-state index in [2.05, 4.69) is 15.2 Å². The van der Waals surface area contributed by atoms with E-state index in [4.69, 9.17) is 9.47 Å². The molecule has 1 fully saturated rings. The van der Waals surface area contributed by atoms with Gasteiger partial charge in [0.25, 0.3) is 5.91 Å². The van der Waals surface area contributed by atoms with E-state index in [1.807, 2.05) is 35.2 Å². The Morgan fingerprint density at radius 2 is 2.00 bits per heavy atom. The summed E-state index contributed by atoms with van der Waals surface area (Å²) in [6.45, 7) is 1.25. The summed E-state index contributed by atoms with van der Waals surface area (Å²) in [6.07, 6.45) is 1.67. The fraction of sp³-hybridized carbons (Fsp3) is 0.316. The number of nitrogens with zero attached hydrogens (tertiary/aromatic N) is 3. The maximum absolute atomic E-state index is 12.8. The van der Waals surface area contributed by atoms with Crippen LogP contribution in [-0.2, 0) is 0 Å². The SMILES string of the molecule is COc1ccc(OC2CCCN(C(=O)c3cc4ccccc4[nH]3)C2)nn1. The molecule has 134 valence electrons. The van der Waals surface area contributed by atoms with Crippen LogP contribution in [0.3, 0.4) is 0 Å². The van der Waals surface area contributed by atoms with Crippen LogP contribution in [-0.4, -0.2) is 52.3 Å². The van der Waals surface area contributed by atoms with Gasteiger partial charge in [0.2, 0.25) is 11.8 Å². The minimum absolute atomic E-state index is 0.00434. The lowest BCUT2D eigenvalue weighted by Gasteiger charge is -2.32. The number of ether oxygens (including phenoxy) is 2. The summed E-state index contributed by atoms with van der Waals surface area (Å²) in [5.41, 5.74) is 1.57. The Kier molecular flexibility index (Phi) is 4.43. The molecule has 1 atom stereocenters. The first-order chi connectivity index (χ1) is 12.7. The van der Waals surface area contributed by atoms with Gasteiger partial charge in [-0.1, -0.05) is 18.2 Å². The largest absolute Gasteiger partial charge is 0.480 e. The number of aromatic amines is 1. The summed E-state index contributed by atoms with van der Waals surface area (Å²) in [5, 5.41) is 8.94. The van der Waals surface area contributed by atoms with Gasteiger partial charge in [0.05, 0.1) is 13.7 Å². The summed E-state index contributed by atoms with van der Waals surface area (Å²) >= 11 is 0. The zero-order chi connectivity index (χ0) is 17.9. The predicted molar refractivity (Wildman–Crippen MR) is 96.4 cm³/mol. The van der Waals surface area contributed by atoms with Gasteiger partial charge in [-0.3, -0.25) is 4.79 Å². The maximum Gasteiger partial charge on any atom is 0.270 e. The van der Waals surface area contributed by atoms with Crippen molar-refractivity contribution in [1.82, 2.24) is 20.1 Å². The number of hydrogen-bond donors (Lipinski definition) is 1. The van der Waals surface area contributed by atoms with E-state index in [-0.39, 0.29) is 12.0 Å². The number of amides is 1. The lowest BCUT2D eigenvalue weighted by molar-refractivity contribution is 0.0521. The molecule has 3 aromatic rings. The standard InChI is InChI=1S/C19H20N4O3/c1-25-17-8-9-18(22-21-17)26-14-6-4-10-23(12-14)19(24)16-11-13-5-2-3-7-15(13)20-16/h2-3,5,7-9,11,14,20H,4,6,10,12H2,1H3. The van der Waals surface area contributed by atoms with Crippen LogP contribution < -0.4 is 9.47 Å². The Bertz CT molecular complexity index is 874. The molecule has 0 spiro atoms. The fourth-order valence-electron chi connectivity index (χ4n) is 3.23. The summed E-state index contributed by atoms with van der Waals surface area (Å²) in [4.78, 5) is 17.9. The average molecular weight is 352 g/mol. The molecule has 0 aliphatic carbocycles. The molecule has 26 heavy (non-hydrogen) atoms. The van der Waals surface area contributed by atoms with Gasteiger partial charge in [0.15, 0.2) is 0 Å². The van der Waals surface area contributed by atoms with Crippen LogP contribution in [0.5, 0.6) is 11.8 Å². The van der Waals surface area contributed by atoms with E-state index in [1.54, 1.807) is 19.2 Å². The molecule has 3 heterocycles. The molecule has 7 nitrogen and oxygen atoms in total. The van der Waals surface area contributed by atoms with Crippen molar-refractivity contribution in [3.63, 3.8) is 0 Å². The lowest BCUT2D eigenvalue weighted by Crippen LogP contribution is -2.44. The number of carbonyl (C=O) groups is 1. The molecule has 0 bridgehead atoms. The fourth-order valence-corrected chi connectivity index (χ4v) is 3.23. The van der Waals surface area contributed by atoms with Crippen molar-refractivity contribution in [2.75, 3.05) is 20.2 Å². The van der Waals surface area contributed by atoms with Crippen LogP contribution in [0.25, 0.3) is 10.9 Å². The number of H-pyrrole nitrogens is 1. The first-order valence-electron chi connectivity index (χ1n) is 8.64. The van der Waals surface area contributed by atoms with Gasteiger partial charge in [0, 0.05) is 29.6 Å². The van der Waals surface area contributed by atoms with Gasteiger partial charge in [-0.2, -0.15) is 0 Å². The van der Waals surface area contributed by atoms with E-state index in [0.717, 1.165) is 30.3 Å². The van der Waals surface area contributed by atoms with E-state index >= 15 is 0 Å². The number of para-hydroxylation sites is 1. The summed E-state index contributed by atoms with van der Waals surface area (Å²) < 4.78 is 10.9. The van der Waals surface area contributed by atoms with Crippen LogP contribution >= 0.6 is 0 Å². The molecule has 1 aromatic carbocycles.